The van der Waals surface area contributed by atoms with Crippen molar-refractivity contribution in [2.45, 2.75) is 79.6 Å². The average molecular weight is 503 g/mol. The molecule has 1 saturated carbocycles. The SMILES string of the molecule is CC(=O)C(=N)[C@H](C(=O)C1CCC[C@H]1C1=CC(C(=O)C(C)CCCCc2ccccc2)=CC1=N)C(C)(C)C. The lowest BCUT2D eigenvalue weighted by atomic mass is 9.69. The Bertz CT molecular complexity index is 1120. The molecule has 198 valence electrons. The zero-order chi connectivity index (χ0) is 27.3. The van der Waals surface area contributed by atoms with Gasteiger partial charge in [-0.1, -0.05) is 70.9 Å². The van der Waals surface area contributed by atoms with E-state index >= 15 is 0 Å². The standard InChI is InChI=1S/C32H42N2O3/c1-20(12-9-10-15-22-13-7-6-8-14-22)30(36)23-18-26(27(33)19-23)24-16-11-17-25(24)31(37)28(32(3,4)5)29(34)21(2)35/h6-8,13-14,18-20,24-25,28,33-34H,9-12,15-17H2,1-5H3/t20?,24-,25?,28-/m1/s1. The van der Waals surface area contributed by atoms with Crippen LogP contribution in [0.1, 0.15) is 78.7 Å². The van der Waals surface area contributed by atoms with E-state index in [0.29, 0.717) is 17.7 Å². The molecule has 1 aromatic carbocycles. The first-order chi connectivity index (χ1) is 17.4. The molecule has 4 atom stereocenters. The first kappa shape index (κ1) is 28.6. The number of rotatable bonds is 12. The van der Waals surface area contributed by atoms with Crippen LogP contribution in [-0.2, 0) is 20.8 Å². The molecule has 5 nitrogen and oxygen atoms in total. The summed E-state index contributed by atoms with van der Waals surface area (Å²) < 4.78 is 0. The molecule has 0 bridgehead atoms. The molecule has 2 unspecified atom stereocenters. The summed E-state index contributed by atoms with van der Waals surface area (Å²) >= 11 is 0. The molecule has 37 heavy (non-hydrogen) atoms. The predicted molar refractivity (Wildman–Crippen MR) is 149 cm³/mol. The fraction of sp³-hybridized carbons (Fsp3) is 0.531. The Morgan fingerprint density at radius 1 is 1.03 bits per heavy atom. The van der Waals surface area contributed by atoms with Crippen molar-refractivity contribution in [1.82, 2.24) is 0 Å². The van der Waals surface area contributed by atoms with E-state index in [2.05, 4.69) is 12.1 Å². The number of hydrogen-bond acceptors (Lipinski definition) is 5. The minimum atomic E-state index is -0.767. The van der Waals surface area contributed by atoms with Crippen molar-refractivity contribution in [1.29, 1.82) is 10.8 Å². The van der Waals surface area contributed by atoms with Gasteiger partial charge in [0.1, 0.15) is 5.78 Å². The molecule has 0 saturated heterocycles. The maximum Gasteiger partial charge on any atom is 0.174 e. The molecule has 0 aliphatic heterocycles. The Balaban J connectivity index is 1.66. The fourth-order valence-corrected chi connectivity index (χ4v) is 5.91. The van der Waals surface area contributed by atoms with Crippen LogP contribution in [0.4, 0.5) is 0 Å². The average Bonchev–Trinajstić information content (AvgIpc) is 3.47. The normalized spacial score (nSPS) is 21.3. The lowest BCUT2D eigenvalue weighted by Crippen LogP contribution is -2.42. The highest BCUT2D eigenvalue weighted by Gasteiger charge is 2.45. The number of allylic oxidation sites excluding steroid dienone is 4. The van der Waals surface area contributed by atoms with Gasteiger partial charge in [0, 0.05) is 24.3 Å². The molecule has 0 heterocycles. The number of carbonyl (C=O) groups excluding carboxylic acids is 3. The van der Waals surface area contributed by atoms with Gasteiger partial charge in [0.25, 0.3) is 0 Å². The van der Waals surface area contributed by atoms with E-state index in [1.165, 1.54) is 12.5 Å². The van der Waals surface area contributed by atoms with Crippen LogP contribution in [0.5, 0.6) is 0 Å². The summed E-state index contributed by atoms with van der Waals surface area (Å²) in [6.45, 7) is 9.00. The Labute approximate surface area is 221 Å². The Morgan fingerprint density at radius 2 is 1.70 bits per heavy atom. The summed E-state index contributed by atoms with van der Waals surface area (Å²) in [6, 6.07) is 10.4. The Hall–Kier alpha value is -2.95. The van der Waals surface area contributed by atoms with Gasteiger partial charge < -0.3 is 10.8 Å². The summed E-state index contributed by atoms with van der Waals surface area (Å²) in [5.74, 6) is -1.75. The van der Waals surface area contributed by atoms with E-state index in [1.54, 1.807) is 6.08 Å². The fourth-order valence-electron chi connectivity index (χ4n) is 5.91. The van der Waals surface area contributed by atoms with Gasteiger partial charge in [-0.15, -0.1) is 0 Å². The van der Waals surface area contributed by atoms with Crippen LogP contribution in [0.25, 0.3) is 0 Å². The summed E-state index contributed by atoms with van der Waals surface area (Å²) in [4.78, 5) is 38.9. The van der Waals surface area contributed by atoms with E-state index in [0.717, 1.165) is 44.1 Å². The Morgan fingerprint density at radius 3 is 2.32 bits per heavy atom. The predicted octanol–water partition coefficient (Wildman–Crippen LogP) is 6.75. The molecule has 2 aliphatic rings. The molecule has 0 spiro atoms. The van der Waals surface area contributed by atoms with Crippen molar-refractivity contribution < 1.29 is 14.4 Å². The molecule has 2 N–H and O–H groups in total. The molecule has 2 aliphatic carbocycles. The molecule has 0 amide bonds. The highest BCUT2D eigenvalue weighted by Crippen LogP contribution is 2.44. The van der Waals surface area contributed by atoms with Crippen molar-refractivity contribution in [2.75, 3.05) is 0 Å². The van der Waals surface area contributed by atoms with Gasteiger partial charge in [0.15, 0.2) is 11.6 Å². The van der Waals surface area contributed by atoms with Gasteiger partial charge in [-0.3, -0.25) is 14.4 Å². The van der Waals surface area contributed by atoms with Crippen molar-refractivity contribution in [2.24, 2.45) is 29.1 Å². The van der Waals surface area contributed by atoms with Gasteiger partial charge in [-0.05, 0) is 66.7 Å². The van der Waals surface area contributed by atoms with Gasteiger partial charge in [0.05, 0.1) is 17.3 Å². The van der Waals surface area contributed by atoms with Crippen molar-refractivity contribution in [3.8, 4) is 0 Å². The van der Waals surface area contributed by atoms with Crippen LogP contribution < -0.4 is 0 Å². The maximum absolute atomic E-state index is 13.7. The molecule has 1 fully saturated rings. The van der Waals surface area contributed by atoms with E-state index in [9.17, 15) is 14.4 Å². The van der Waals surface area contributed by atoms with Crippen LogP contribution in [0.2, 0.25) is 0 Å². The summed E-state index contributed by atoms with van der Waals surface area (Å²) in [6.07, 6.45) is 9.65. The molecule has 0 radical (unpaired) electrons. The number of benzene rings is 1. The van der Waals surface area contributed by atoms with Crippen molar-refractivity contribution in [3.05, 3.63) is 59.2 Å². The zero-order valence-corrected chi connectivity index (χ0v) is 23.0. The smallest absolute Gasteiger partial charge is 0.174 e. The third-order valence-electron chi connectivity index (χ3n) is 7.95. The summed E-state index contributed by atoms with van der Waals surface area (Å²) in [5.41, 5.74) is 2.29. The first-order valence-corrected chi connectivity index (χ1v) is 13.6. The lowest BCUT2D eigenvalue weighted by molar-refractivity contribution is -0.128. The van der Waals surface area contributed by atoms with Crippen LogP contribution in [0.15, 0.2) is 53.6 Å². The van der Waals surface area contributed by atoms with Gasteiger partial charge in [0.2, 0.25) is 0 Å². The topological polar surface area (TPSA) is 98.9 Å². The van der Waals surface area contributed by atoms with Gasteiger partial charge in [-0.25, -0.2) is 0 Å². The third kappa shape index (κ3) is 6.88. The number of ketones is 3. The first-order valence-electron chi connectivity index (χ1n) is 13.6. The summed E-state index contributed by atoms with van der Waals surface area (Å²) in [7, 11) is 0. The number of Topliss-reactive ketones (excluding diaryl/α,β-unsaturated/α-hetero) is 3. The maximum atomic E-state index is 13.7. The van der Waals surface area contributed by atoms with Crippen LogP contribution in [-0.4, -0.2) is 28.8 Å². The molecular formula is C32H42N2O3. The second kappa shape index (κ2) is 12.1. The van der Waals surface area contributed by atoms with E-state index in [1.807, 2.05) is 52.0 Å². The van der Waals surface area contributed by atoms with Crippen molar-refractivity contribution >= 4 is 28.8 Å². The van der Waals surface area contributed by atoms with Crippen LogP contribution in [0.3, 0.4) is 0 Å². The quantitative estimate of drug-likeness (QED) is 0.244. The molecule has 0 aromatic heterocycles. The van der Waals surface area contributed by atoms with Crippen LogP contribution in [0, 0.1) is 39.9 Å². The highest BCUT2D eigenvalue weighted by atomic mass is 16.1. The second-order valence-corrected chi connectivity index (χ2v) is 11.9. The number of carbonyl (C=O) groups is 3. The number of unbranched alkanes of at least 4 members (excludes halogenated alkanes) is 1. The molecule has 3 rings (SSSR count). The van der Waals surface area contributed by atoms with Gasteiger partial charge in [-0.2, -0.15) is 0 Å². The van der Waals surface area contributed by atoms with Gasteiger partial charge >= 0.3 is 0 Å². The number of hydrogen-bond donors (Lipinski definition) is 2. The van der Waals surface area contributed by atoms with E-state index in [-0.39, 0.29) is 40.8 Å². The highest BCUT2D eigenvalue weighted by molar-refractivity contribution is 6.42. The monoisotopic (exact) mass is 502 g/mol. The van der Waals surface area contributed by atoms with Crippen molar-refractivity contribution in [3.63, 3.8) is 0 Å². The van der Waals surface area contributed by atoms with E-state index < -0.39 is 11.3 Å². The zero-order valence-electron chi connectivity index (χ0n) is 23.0. The second-order valence-electron chi connectivity index (χ2n) is 11.9. The third-order valence-corrected chi connectivity index (χ3v) is 7.95. The number of nitrogens with one attached hydrogen (secondary N) is 2. The lowest BCUT2D eigenvalue weighted by Gasteiger charge is -2.33. The Kier molecular flexibility index (Phi) is 9.33. The minimum Gasteiger partial charge on any atom is -0.301 e. The largest absolute Gasteiger partial charge is 0.301 e. The van der Waals surface area contributed by atoms with E-state index in [4.69, 9.17) is 10.8 Å². The molecular weight excluding hydrogens is 460 g/mol. The van der Waals surface area contributed by atoms with Crippen LogP contribution >= 0.6 is 0 Å². The summed E-state index contributed by atoms with van der Waals surface area (Å²) in [5, 5.41) is 16.9. The molecule has 1 aromatic rings. The molecule has 5 heteroatoms. The minimum absolute atomic E-state index is 0.0614. The number of aryl methyl sites for hydroxylation is 1.